The number of hydrogen-bond donors (Lipinski definition) is 0. The van der Waals surface area contributed by atoms with E-state index >= 15 is 0 Å². The summed E-state index contributed by atoms with van der Waals surface area (Å²) in [6.07, 6.45) is 3.11. The summed E-state index contributed by atoms with van der Waals surface area (Å²) in [5.74, 6) is 0. The molecule has 0 saturated carbocycles. The van der Waals surface area contributed by atoms with Crippen molar-refractivity contribution in [2.75, 3.05) is 32.7 Å². The van der Waals surface area contributed by atoms with Gasteiger partial charge in [-0.15, -0.1) is 0 Å². The highest BCUT2D eigenvalue weighted by molar-refractivity contribution is 7.85. The predicted molar refractivity (Wildman–Crippen MR) is 52.4 cm³/mol. The van der Waals surface area contributed by atoms with Gasteiger partial charge >= 0.3 is 0 Å². The second-order valence-electron chi connectivity index (χ2n) is 2.53. The molecule has 6 heteroatoms. The average molecular weight is 224 g/mol. The fourth-order valence-electron chi connectivity index (χ4n) is 0.674. The van der Waals surface area contributed by atoms with Crippen LogP contribution in [0.4, 0.5) is 0 Å². The van der Waals surface area contributed by atoms with E-state index in [1.54, 1.807) is 0 Å². The van der Waals surface area contributed by atoms with E-state index in [9.17, 15) is 8.42 Å². The van der Waals surface area contributed by atoms with Crippen molar-refractivity contribution in [1.82, 2.24) is 0 Å². The molecule has 84 valence electrons. The Bertz CT molecular complexity index is 234. The Morgan fingerprint density at radius 3 is 2.50 bits per heavy atom. The molecule has 0 atom stereocenters. The summed E-state index contributed by atoms with van der Waals surface area (Å²) in [6, 6.07) is 0. The fourth-order valence-corrected chi connectivity index (χ4v) is 1.04. The fraction of sp³-hybridized carbons (Fsp3) is 0.750. The molecule has 0 rings (SSSR count). The Balaban J connectivity index is 3.10. The molecule has 0 saturated heterocycles. The number of ether oxygens (including phenoxy) is 2. The van der Waals surface area contributed by atoms with Crippen LogP contribution in [-0.4, -0.2) is 41.1 Å². The molecule has 0 spiro atoms. The van der Waals surface area contributed by atoms with E-state index in [2.05, 4.69) is 10.8 Å². The smallest absolute Gasteiger partial charge is 0.264 e. The van der Waals surface area contributed by atoms with E-state index in [4.69, 9.17) is 9.47 Å². The van der Waals surface area contributed by atoms with Crippen LogP contribution in [0.2, 0.25) is 0 Å². The van der Waals surface area contributed by atoms with Crippen molar-refractivity contribution in [2.45, 2.75) is 6.42 Å². The van der Waals surface area contributed by atoms with E-state index in [0.717, 1.165) is 12.7 Å². The minimum absolute atomic E-state index is 0.0567. The van der Waals surface area contributed by atoms with Gasteiger partial charge in [0, 0.05) is 13.0 Å². The zero-order valence-corrected chi connectivity index (χ0v) is 9.09. The lowest BCUT2D eigenvalue weighted by Gasteiger charge is -2.03. The van der Waals surface area contributed by atoms with E-state index in [-0.39, 0.29) is 13.2 Å². The van der Waals surface area contributed by atoms with E-state index in [0.29, 0.717) is 13.2 Å². The Hall–Kier alpha value is -0.590. The molecule has 0 aromatic rings. The minimum Gasteiger partial charge on any atom is -0.502 e. The minimum atomic E-state index is -3.34. The first-order valence-corrected chi connectivity index (χ1v) is 6.02. The average Bonchev–Trinajstić information content (AvgIpc) is 2.08. The molecular weight excluding hydrogens is 208 g/mol. The third-order valence-corrected chi connectivity index (χ3v) is 1.79. The van der Waals surface area contributed by atoms with Gasteiger partial charge in [0.2, 0.25) is 0 Å². The lowest BCUT2D eigenvalue weighted by Crippen LogP contribution is -2.10. The van der Waals surface area contributed by atoms with Crippen molar-refractivity contribution in [3.63, 3.8) is 0 Å². The Kier molecular flexibility index (Phi) is 7.45. The van der Waals surface area contributed by atoms with Crippen molar-refractivity contribution in [3.05, 3.63) is 12.8 Å². The van der Waals surface area contributed by atoms with Gasteiger partial charge in [0.1, 0.15) is 0 Å². The first-order valence-electron chi connectivity index (χ1n) is 4.21. The molecule has 0 aliphatic rings. The van der Waals surface area contributed by atoms with Gasteiger partial charge < -0.3 is 9.47 Å². The number of rotatable bonds is 9. The maximum absolute atomic E-state index is 10.5. The summed E-state index contributed by atoms with van der Waals surface area (Å²) >= 11 is 0. The third kappa shape index (κ3) is 11.4. The van der Waals surface area contributed by atoms with Crippen molar-refractivity contribution >= 4 is 10.1 Å². The Morgan fingerprint density at radius 2 is 1.93 bits per heavy atom. The molecule has 5 nitrogen and oxygen atoms in total. The molecule has 0 aliphatic carbocycles. The van der Waals surface area contributed by atoms with Gasteiger partial charge in [-0.05, 0) is 0 Å². The highest BCUT2D eigenvalue weighted by atomic mass is 32.2. The van der Waals surface area contributed by atoms with Crippen LogP contribution in [0.1, 0.15) is 6.42 Å². The first kappa shape index (κ1) is 13.4. The third-order valence-electron chi connectivity index (χ3n) is 1.19. The second-order valence-corrected chi connectivity index (χ2v) is 4.17. The summed E-state index contributed by atoms with van der Waals surface area (Å²) < 4.78 is 35.4. The monoisotopic (exact) mass is 224 g/mol. The molecule has 0 unspecified atom stereocenters. The zero-order chi connectivity index (χ0) is 10.9. The van der Waals surface area contributed by atoms with Gasteiger partial charge in [-0.2, -0.15) is 8.42 Å². The normalized spacial score (nSPS) is 11.2. The van der Waals surface area contributed by atoms with Crippen molar-refractivity contribution < 1.29 is 22.1 Å². The topological polar surface area (TPSA) is 61.8 Å². The zero-order valence-electron chi connectivity index (χ0n) is 8.27. The summed E-state index contributed by atoms with van der Waals surface area (Å²) in [4.78, 5) is 0. The van der Waals surface area contributed by atoms with Gasteiger partial charge in [-0.25, -0.2) is 0 Å². The highest BCUT2D eigenvalue weighted by Crippen LogP contribution is 1.89. The standard InChI is InChI=1S/C8H16O5S/c1-3-11-5-4-6-12-7-8-13-14(2,9)10/h3H,1,4-8H2,2H3. The van der Waals surface area contributed by atoms with Crippen LogP contribution in [0.25, 0.3) is 0 Å². The molecule has 0 aromatic carbocycles. The lowest BCUT2D eigenvalue weighted by molar-refractivity contribution is 0.0879. The first-order chi connectivity index (χ1) is 6.56. The molecule has 0 N–H and O–H groups in total. The molecule has 14 heavy (non-hydrogen) atoms. The Morgan fingerprint density at radius 1 is 1.21 bits per heavy atom. The van der Waals surface area contributed by atoms with Gasteiger partial charge in [0.25, 0.3) is 10.1 Å². The maximum Gasteiger partial charge on any atom is 0.264 e. The quantitative estimate of drug-likeness (QED) is 0.325. The number of hydrogen-bond acceptors (Lipinski definition) is 5. The predicted octanol–water partition coefficient (Wildman–Crippen LogP) is 0.529. The maximum atomic E-state index is 10.5. The largest absolute Gasteiger partial charge is 0.502 e. The van der Waals surface area contributed by atoms with Crippen molar-refractivity contribution in [1.29, 1.82) is 0 Å². The molecule has 0 aliphatic heterocycles. The van der Waals surface area contributed by atoms with Crippen molar-refractivity contribution in [3.8, 4) is 0 Å². The summed E-state index contributed by atoms with van der Waals surface area (Å²) in [6.45, 7) is 4.77. The summed E-state index contributed by atoms with van der Waals surface area (Å²) in [5.41, 5.74) is 0. The molecule has 0 aromatic heterocycles. The van der Waals surface area contributed by atoms with E-state index in [1.807, 2.05) is 0 Å². The van der Waals surface area contributed by atoms with E-state index < -0.39 is 10.1 Å². The van der Waals surface area contributed by atoms with Crippen molar-refractivity contribution in [2.24, 2.45) is 0 Å². The molecule has 0 heterocycles. The van der Waals surface area contributed by atoms with Crippen LogP contribution < -0.4 is 0 Å². The molecular formula is C8H16O5S. The molecule has 0 fully saturated rings. The highest BCUT2D eigenvalue weighted by Gasteiger charge is 1.99. The summed E-state index contributed by atoms with van der Waals surface area (Å²) in [7, 11) is -3.34. The molecule has 0 bridgehead atoms. The van der Waals surface area contributed by atoms with Gasteiger partial charge in [0.05, 0.1) is 32.3 Å². The van der Waals surface area contributed by atoms with Crippen LogP contribution in [-0.2, 0) is 23.8 Å². The van der Waals surface area contributed by atoms with Crippen LogP contribution in [0.15, 0.2) is 12.8 Å². The van der Waals surface area contributed by atoms with E-state index in [1.165, 1.54) is 6.26 Å². The Labute approximate surface area is 84.8 Å². The van der Waals surface area contributed by atoms with Gasteiger partial charge in [0.15, 0.2) is 0 Å². The van der Waals surface area contributed by atoms with Crippen LogP contribution >= 0.6 is 0 Å². The summed E-state index contributed by atoms with van der Waals surface area (Å²) in [5, 5.41) is 0. The SMILES string of the molecule is C=COCCCOCCOS(C)(=O)=O. The van der Waals surface area contributed by atoms with Crippen LogP contribution in [0, 0.1) is 0 Å². The van der Waals surface area contributed by atoms with Gasteiger partial charge in [-0.3, -0.25) is 4.18 Å². The van der Waals surface area contributed by atoms with Gasteiger partial charge in [-0.1, -0.05) is 6.58 Å². The lowest BCUT2D eigenvalue weighted by atomic mass is 10.5. The van der Waals surface area contributed by atoms with Crippen LogP contribution in [0.5, 0.6) is 0 Å². The molecule has 0 amide bonds. The molecule has 0 radical (unpaired) electrons. The second kappa shape index (κ2) is 7.78. The van der Waals surface area contributed by atoms with Crippen LogP contribution in [0.3, 0.4) is 0 Å².